The summed E-state index contributed by atoms with van der Waals surface area (Å²) in [6.45, 7) is 2.16. The molecule has 0 aromatic carbocycles. The van der Waals surface area contributed by atoms with Gasteiger partial charge in [-0.3, -0.25) is 0 Å². The molecule has 1 saturated heterocycles. The van der Waals surface area contributed by atoms with E-state index in [0.29, 0.717) is 0 Å². The van der Waals surface area contributed by atoms with E-state index < -0.39 is 0 Å². The Balaban J connectivity index is 1.93. The summed E-state index contributed by atoms with van der Waals surface area (Å²) in [7, 11) is 0. The van der Waals surface area contributed by atoms with E-state index in [1.165, 1.54) is 19.3 Å². The quantitative estimate of drug-likeness (QED) is 0.534. The molecular weight excluding hydrogens is 142 g/mol. The van der Waals surface area contributed by atoms with Gasteiger partial charge in [-0.25, -0.2) is 0 Å². The van der Waals surface area contributed by atoms with Gasteiger partial charge < -0.3 is 4.90 Å². The van der Waals surface area contributed by atoms with E-state index >= 15 is 0 Å². The SMILES string of the molecule is C1CCN(C2=NN=[N+]N2)CC1. The zero-order valence-electron chi connectivity index (χ0n) is 6.32. The normalized spacial score (nSPS) is 23.3. The Kier molecular flexibility index (Phi) is 1.71. The summed E-state index contributed by atoms with van der Waals surface area (Å²) in [4.78, 5) is 2.18. The van der Waals surface area contributed by atoms with E-state index in [1.807, 2.05) is 0 Å². The molecule has 2 rings (SSSR count). The highest BCUT2D eigenvalue weighted by Gasteiger charge is 2.23. The number of nitrogens with one attached hydrogen (secondary N) is 1. The standard InChI is InChI=1S/C6H11N5/c1-2-4-11(5-3-1)6-7-9-10-8-6/h1-5H2,(H,7,8,9)/q+1. The third-order valence-corrected chi connectivity index (χ3v) is 1.99. The molecule has 0 aliphatic carbocycles. The monoisotopic (exact) mass is 153 g/mol. The van der Waals surface area contributed by atoms with Crippen LogP contribution in [-0.4, -0.2) is 23.9 Å². The van der Waals surface area contributed by atoms with Crippen molar-refractivity contribution < 1.29 is 0 Å². The Morgan fingerprint density at radius 3 is 2.73 bits per heavy atom. The highest BCUT2D eigenvalue weighted by atomic mass is 15.6. The Labute approximate surface area is 65.1 Å². The summed E-state index contributed by atoms with van der Waals surface area (Å²) < 4.78 is 0. The average Bonchev–Trinajstić information content (AvgIpc) is 2.58. The van der Waals surface area contributed by atoms with E-state index in [4.69, 9.17) is 0 Å². The van der Waals surface area contributed by atoms with Gasteiger partial charge in [0.1, 0.15) is 5.10 Å². The Morgan fingerprint density at radius 2 is 2.09 bits per heavy atom. The van der Waals surface area contributed by atoms with Crippen molar-refractivity contribution in [1.82, 2.24) is 15.5 Å². The van der Waals surface area contributed by atoms with Crippen molar-refractivity contribution in [3.63, 3.8) is 0 Å². The van der Waals surface area contributed by atoms with Crippen LogP contribution in [0.5, 0.6) is 0 Å². The fourth-order valence-electron chi connectivity index (χ4n) is 1.39. The van der Waals surface area contributed by atoms with E-state index in [9.17, 15) is 0 Å². The zero-order valence-corrected chi connectivity index (χ0v) is 6.32. The number of likely N-dealkylation sites (tertiary alicyclic amines) is 1. The molecule has 0 amide bonds. The molecule has 5 nitrogen and oxygen atoms in total. The predicted octanol–water partition coefficient (Wildman–Crippen LogP) is 0.0495. The third-order valence-electron chi connectivity index (χ3n) is 1.99. The Hall–Kier alpha value is -1.13. The second-order valence-corrected chi connectivity index (χ2v) is 2.77. The van der Waals surface area contributed by atoms with Crippen molar-refractivity contribution in [2.75, 3.05) is 13.1 Å². The van der Waals surface area contributed by atoms with Crippen LogP contribution in [0.3, 0.4) is 0 Å². The lowest BCUT2D eigenvalue weighted by Gasteiger charge is -2.23. The van der Waals surface area contributed by atoms with Crippen molar-refractivity contribution in [3.05, 3.63) is 0 Å². The summed E-state index contributed by atoms with van der Waals surface area (Å²) in [5.41, 5.74) is 2.76. The van der Waals surface area contributed by atoms with Crippen molar-refractivity contribution >= 4 is 5.96 Å². The summed E-state index contributed by atoms with van der Waals surface area (Å²) >= 11 is 0. The largest absolute Gasteiger partial charge is 0.383 e. The molecule has 1 radical (unpaired) electrons. The molecule has 59 valence electrons. The van der Waals surface area contributed by atoms with Crippen LogP contribution in [0.4, 0.5) is 0 Å². The molecule has 1 N–H and O–H groups in total. The van der Waals surface area contributed by atoms with Gasteiger partial charge in [0.15, 0.2) is 5.22 Å². The molecule has 0 atom stereocenters. The second kappa shape index (κ2) is 2.86. The molecular formula is C6H11N5+. The van der Waals surface area contributed by atoms with Crippen LogP contribution in [0.1, 0.15) is 19.3 Å². The lowest BCUT2D eigenvalue weighted by Crippen LogP contribution is -2.42. The number of piperidine rings is 1. The van der Waals surface area contributed by atoms with E-state index in [2.05, 4.69) is 25.9 Å². The number of hydrogen-bond acceptors (Lipinski definition) is 5. The van der Waals surface area contributed by atoms with Crippen LogP contribution in [-0.2, 0) is 0 Å². The summed E-state index contributed by atoms with van der Waals surface area (Å²) in [5, 5.41) is 10.9. The van der Waals surface area contributed by atoms with Crippen molar-refractivity contribution in [2.24, 2.45) is 10.3 Å². The van der Waals surface area contributed by atoms with Gasteiger partial charge in [-0.2, -0.15) is 0 Å². The molecule has 2 heterocycles. The van der Waals surface area contributed by atoms with Gasteiger partial charge >= 0.3 is 5.96 Å². The fraction of sp³-hybridized carbons (Fsp3) is 0.833. The van der Waals surface area contributed by atoms with Gasteiger partial charge in [-0.15, -0.1) is 5.43 Å². The van der Waals surface area contributed by atoms with Crippen LogP contribution in [0.25, 0.3) is 0 Å². The van der Waals surface area contributed by atoms with Gasteiger partial charge in [0.25, 0.3) is 0 Å². The molecule has 0 spiro atoms. The van der Waals surface area contributed by atoms with Crippen molar-refractivity contribution in [3.8, 4) is 0 Å². The number of nitrogens with zero attached hydrogens (tertiary/aromatic N) is 4. The minimum atomic E-state index is 0.810. The van der Waals surface area contributed by atoms with Gasteiger partial charge in [0.05, 0.1) is 0 Å². The minimum Gasteiger partial charge on any atom is -0.316 e. The van der Waals surface area contributed by atoms with E-state index in [0.717, 1.165) is 19.0 Å². The topological polar surface area (TPSA) is 54.1 Å². The molecule has 0 aromatic heterocycles. The molecule has 2 aliphatic heterocycles. The highest BCUT2D eigenvalue weighted by molar-refractivity contribution is 5.79. The predicted molar refractivity (Wildman–Crippen MR) is 40.6 cm³/mol. The minimum absolute atomic E-state index is 0.810. The maximum Gasteiger partial charge on any atom is 0.383 e. The molecule has 11 heavy (non-hydrogen) atoms. The summed E-state index contributed by atoms with van der Waals surface area (Å²) in [6, 6.07) is 0. The van der Waals surface area contributed by atoms with Crippen LogP contribution < -0.4 is 10.6 Å². The highest BCUT2D eigenvalue weighted by Crippen LogP contribution is 2.08. The lowest BCUT2D eigenvalue weighted by molar-refractivity contribution is 0.333. The van der Waals surface area contributed by atoms with Gasteiger partial charge in [-0.1, -0.05) is 0 Å². The number of guanidine groups is 1. The zero-order chi connectivity index (χ0) is 7.52. The average molecular weight is 153 g/mol. The first-order chi connectivity index (χ1) is 5.47. The van der Waals surface area contributed by atoms with Crippen molar-refractivity contribution in [1.29, 1.82) is 0 Å². The smallest absolute Gasteiger partial charge is 0.316 e. The Morgan fingerprint density at radius 1 is 1.27 bits per heavy atom. The van der Waals surface area contributed by atoms with Gasteiger partial charge in [-0.05, 0) is 19.3 Å². The summed E-state index contributed by atoms with van der Waals surface area (Å²) in [5.74, 6) is 0.810. The van der Waals surface area contributed by atoms with Crippen molar-refractivity contribution in [2.45, 2.75) is 19.3 Å². The molecule has 0 unspecified atom stereocenters. The van der Waals surface area contributed by atoms with Gasteiger partial charge in [0, 0.05) is 13.1 Å². The third kappa shape index (κ3) is 1.31. The van der Waals surface area contributed by atoms with Crippen LogP contribution in [0.2, 0.25) is 0 Å². The van der Waals surface area contributed by atoms with Crippen LogP contribution in [0.15, 0.2) is 10.3 Å². The first-order valence-corrected chi connectivity index (χ1v) is 3.95. The summed E-state index contributed by atoms with van der Waals surface area (Å²) in [6.07, 6.45) is 3.83. The maximum absolute atomic E-state index is 3.85. The molecule has 1 fully saturated rings. The molecule has 0 saturated carbocycles. The van der Waals surface area contributed by atoms with Gasteiger partial charge in [0.2, 0.25) is 5.22 Å². The Bertz CT molecular complexity index is 191. The first kappa shape index (κ1) is 6.57. The molecule has 0 aromatic rings. The molecule has 2 aliphatic rings. The first-order valence-electron chi connectivity index (χ1n) is 3.95. The number of rotatable bonds is 0. The van der Waals surface area contributed by atoms with Crippen LogP contribution >= 0.6 is 0 Å². The molecule has 0 bridgehead atoms. The lowest BCUT2D eigenvalue weighted by atomic mass is 10.1. The number of hydrogen-bond donors (Lipinski definition) is 1. The van der Waals surface area contributed by atoms with Crippen LogP contribution in [0, 0.1) is 0 Å². The fourth-order valence-corrected chi connectivity index (χ4v) is 1.39. The maximum atomic E-state index is 3.85. The molecule has 5 heteroatoms. The van der Waals surface area contributed by atoms with E-state index in [1.54, 1.807) is 0 Å². The van der Waals surface area contributed by atoms with E-state index in [-0.39, 0.29) is 0 Å². The second-order valence-electron chi connectivity index (χ2n) is 2.77.